The predicted octanol–water partition coefficient (Wildman–Crippen LogP) is 4.61. The average molecular weight is 368 g/mol. The van der Waals surface area contributed by atoms with Crippen LogP contribution in [0.25, 0.3) is 0 Å². The minimum atomic E-state index is -0.651. The van der Waals surface area contributed by atoms with Gasteiger partial charge in [0.2, 0.25) is 0 Å². The molecule has 126 valence electrons. The summed E-state index contributed by atoms with van der Waals surface area (Å²) >= 11 is 11.8. The number of Topliss-reactive ketones (excluding diaryl/α,β-unsaturated/α-hetero) is 1. The van der Waals surface area contributed by atoms with Gasteiger partial charge in [0.25, 0.3) is 0 Å². The van der Waals surface area contributed by atoms with Crippen LogP contribution in [0.15, 0.2) is 36.4 Å². The fourth-order valence-electron chi connectivity index (χ4n) is 2.08. The Bertz CT molecular complexity index is 777. The van der Waals surface area contributed by atoms with Gasteiger partial charge in [-0.05, 0) is 35.9 Å². The molecule has 0 bridgehead atoms. The lowest BCUT2D eigenvalue weighted by molar-refractivity contribution is 0.0993. The SMILES string of the molecule is COC(=O)Nc1cc(C(=O)Cc2ccc(Cl)c(Cl)c2)ccc1OC. The summed E-state index contributed by atoms with van der Waals surface area (Å²) in [5, 5.41) is 3.34. The van der Waals surface area contributed by atoms with Crippen molar-refractivity contribution in [3.8, 4) is 5.75 Å². The van der Waals surface area contributed by atoms with Crippen LogP contribution in [0, 0.1) is 0 Å². The number of carbonyl (C=O) groups is 2. The van der Waals surface area contributed by atoms with E-state index in [4.69, 9.17) is 27.9 Å². The van der Waals surface area contributed by atoms with Crippen LogP contribution in [0.4, 0.5) is 10.5 Å². The molecule has 0 saturated carbocycles. The van der Waals surface area contributed by atoms with Crippen molar-refractivity contribution in [1.82, 2.24) is 0 Å². The van der Waals surface area contributed by atoms with Gasteiger partial charge in [-0.25, -0.2) is 4.79 Å². The van der Waals surface area contributed by atoms with E-state index in [9.17, 15) is 9.59 Å². The zero-order valence-electron chi connectivity index (χ0n) is 13.1. The van der Waals surface area contributed by atoms with Crippen LogP contribution in [0.1, 0.15) is 15.9 Å². The van der Waals surface area contributed by atoms with Crippen molar-refractivity contribution >= 4 is 40.8 Å². The van der Waals surface area contributed by atoms with E-state index < -0.39 is 6.09 Å². The minimum absolute atomic E-state index is 0.135. The van der Waals surface area contributed by atoms with Crippen molar-refractivity contribution in [2.75, 3.05) is 19.5 Å². The van der Waals surface area contributed by atoms with Gasteiger partial charge < -0.3 is 9.47 Å². The van der Waals surface area contributed by atoms with Crippen molar-refractivity contribution < 1.29 is 19.1 Å². The number of anilines is 1. The maximum Gasteiger partial charge on any atom is 0.411 e. The summed E-state index contributed by atoms with van der Waals surface area (Å²) in [5.41, 5.74) is 1.52. The molecule has 0 aromatic heterocycles. The van der Waals surface area contributed by atoms with E-state index in [2.05, 4.69) is 10.1 Å². The third kappa shape index (κ3) is 4.40. The Morgan fingerprint density at radius 1 is 1.04 bits per heavy atom. The largest absolute Gasteiger partial charge is 0.495 e. The smallest absolute Gasteiger partial charge is 0.411 e. The third-order valence-corrected chi connectivity index (χ3v) is 4.03. The van der Waals surface area contributed by atoms with Crippen molar-refractivity contribution in [2.24, 2.45) is 0 Å². The van der Waals surface area contributed by atoms with E-state index in [1.807, 2.05) is 0 Å². The van der Waals surface area contributed by atoms with E-state index in [0.29, 0.717) is 27.0 Å². The Hall–Kier alpha value is -2.24. The predicted molar refractivity (Wildman–Crippen MR) is 93.5 cm³/mol. The standard InChI is InChI=1S/C17H15Cl2NO4/c1-23-16-6-4-11(9-14(16)20-17(22)24-2)15(21)8-10-3-5-12(18)13(19)7-10/h3-7,9H,8H2,1-2H3,(H,20,22). The molecule has 0 aliphatic carbocycles. The van der Waals surface area contributed by atoms with Crippen LogP contribution in [0.3, 0.4) is 0 Å². The number of methoxy groups -OCH3 is 2. The first-order valence-electron chi connectivity index (χ1n) is 6.94. The van der Waals surface area contributed by atoms with E-state index in [1.165, 1.54) is 20.3 Å². The summed E-state index contributed by atoms with van der Waals surface area (Å²) < 4.78 is 9.72. The van der Waals surface area contributed by atoms with Crippen molar-refractivity contribution in [3.63, 3.8) is 0 Å². The van der Waals surface area contributed by atoms with Gasteiger partial charge in [-0.15, -0.1) is 0 Å². The number of hydrogen-bond donors (Lipinski definition) is 1. The molecule has 0 fully saturated rings. The number of nitrogens with one attached hydrogen (secondary N) is 1. The summed E-state index contributed by atoms with van der Waals surface area (Å²) in [6.45, 7) is 0. The molecule has 0 heterocycles. The highest BCUT2D eigenvalue weighted by atomic mass is 35.5. The summed E-state index contributed by atoms with van der Waals surface area (Å²) in [7, 11) is 2.72. The molecule has 0 atom stereocenters. The van der Waals surface area contributed by atoms with Crippen LogP contribution < -0.4 is 10.1 Å². The summed E-state index contributed by atoms with van der Waals surface area (Å²) in [6.07, 6.45) is -0.497. The number of rotatable bonds is 5. The van der Waals surface area contributed by atoms with Gasteiger partial charge in [-0.2, -0.15) is 0 Å². The average Bonchev–Trinajstić information content (AvgIpc) is 2.58. The number of carbonyl (C=O) groups excluding carboxylic acids is 2. The Morgan fingerprint density at radius 3 is 2.42 bits per heavy atom. The van der Waals surface area contributed by atoms with Crippen LogP contribution >= 0.6 is 23.2 Å². The first-order valence-corrected chi connectivity index (χ1v) is 7.70. The number of halogens is 2. The molecule has 7 heteroatoms. The first kappa shape index (κ1) is 18.1. The molecular weight excluding hydrogens is 353 g/mol. The topological polar surface area (TPSA) is 64.6 Å². The van der Waals surface area contributed by atoms with E-state index in [-0.39, 0.29) is 12.2 Å². The molecule has 0 unspecified atom stereocenters. The highest BCUT2D eigenvalue weighted by Gasteiger charge is 2.13. The number of ketones is 1. The Morgan fingerprint density at radius 2 is 1.79 bits per heavy atom. The fraction of sp³-hybridized carbons (Fsp3) is 0.176. The fourth-order valence-corrected chi connectivity index (χ4v) is 2.40. The number of ether oxygens (including phenoxy) is 2. The molecule has 2 aromatic carbocycles. The molecule has 24 heavy (non-hydrogen) atoms. The van der Waals surface area contributed by atoms with E-state index in [0.717, 1.165) is 5.56 Å². The van der Waals surface area contributed by atoms with E-state index >= 15 is 0 Å². The van der Waals surface area contributed by atoms with Gasteiger partial charge >= 0.3 is 6.09 Å². The zero-order chi connectivity index (χ0) is 17.7. The molecule has 2 aromatic rings. The molecule has 2 rings (SSSR count). The molecule has 1 amide bonds. The molecule has 5 nitrogen and oxygen atoms in total. The lowest BCUT2D eigenvalue weighted by Crippen LogP contribution is -2.13. The van der Waals surface area contributed by atoms with Gasteiger partial charge in [-0.3, -0.25) is 10.1 Å². The molecular formula is C17H15Cl2NO4. The first-order chi connectivity index (χ1) is 11.4. The van der Waals surface area contributed by atoms with Gasteiger partial charge in [-0.1, -0.05) is 29.3 Å². The Balaban J connectivity index is 2.23. The molecule has 1 N–H and O–H groups in total. The highest BCUT2D eigenvalue weighted by Crippen LogP contribution is 2.27. The molecule has 0 spiro atoms. The second-order valence-corrected chi connectivity index (χ2v) is 5.69. The van der Waals surface area contributed by atoms with Crippen molar-refractivity contribution in [2.45, 2.75) is 6.42 Å². The Kier molecular flexibility index (Phi) is 6.06. The third-order valence-electron chi connectivity index (χ3n) is 3.29. The summed E-state index contributed by atoms with van der Waals surface area (Å²) in [4.78, 5) is 23.8. The Labute approximate surface area is 149 Å². The van der Waals surface area contributed by atoms with Crippen LogP contribution in [-0.2, 0) is 11.2 Å². The highest BCUT2D eigenvalue weighted by molar-refractivity contribution is 6.42. The summed E-state index contributed by atoms with van der Waals surface area (Å²) in [6, 6.07) is 9.80. The number of benzene rings is 2. The zero-order valence-corrected chi connectivity index (χ0v) is 14.6. The van der Waals surface area contributed by atoms with Gasteiger partial charge in [0.05, 0.1) is 30.0 Å². The second kappa shape index (κ2) is 8.04. The lowest BCUT2D eigenvalue weighted by atomic mass is 10.0. The van der Waals surface area contributed by atoms with Crippen LogP contribution in [0.2, 0.25) is 10.0 Å². The molecule has 0 saturated heterocycles. The maximum absolute atomic E-state index is 12.5. The van der Waals surface area contributed by atoms with Gasteiger partial charge in [0, 0.05) is 12.0 Å². The normalized spacial score (nSPS) is 10.2. The van der Waals surface area contributed by atoms with Crippen LogP contribution in [0.5, 0.6) is 5.75 Å². The maximum atomic E-state index is 12.5. The summed E-state index contributed by atoms with van der Waals surface area (Å²) in [5.74, 6) is 0.287. The quantitative estimate of drug-likeness (QED) is 0.783. The van der Waals surface area contributed by atoms with Crippen molar-refractivity contribution in [1.29, 1.82) is 0 Å². The lowest BCUT2D eigenvalue weighted by Gasteiger charge is -2.11. The van der Waals surface area contributed by atoms with Crippen molar-refractivity contribution in [3.05, 3.63) is 57.6 Å². The monoisotopic (exact) mass is 367 g/mol. The molecule has 0 radical (unpaired) electrons. The second-order valence-electron chi connectivity index (χ2n) is 4.88. The number of amides is 1. The van der Waals surface area contributed by atoms with Gasteiger partial charge in [0.15, 0.2) is 5.78 Å². The minimum Gasteiger partial charge on any atom is -0.495 e. The number of hydrogen-bond acceptors (Lipinski definition) is 4. The van der Waals surface area contributed by atoms with E-state index in [1.54, 1.807) is 30.3 Å². The van der Waals surface area contributed by atoms with Crippen LogP contribution in [-0.4, -0.2) is 26.1 Å². The van der Waals surface area contributed by atoms with Gasteiger partial charge in [0.1, 0.15) is 5.75 Å². The molecule has 0 aliphatic heterocycles. The molecule has 0 aliphatic rings.